The van der Waals surface area contributed by atoms with Crippen molar-refractivity contribution in [1.29, 1.82) is 0 Å². The Morgan fingerprint density at radius 3 is 2.38 bits per heavy atom. The highest BCUT2D eigenvalue weighted by molar-refractivity contribution is 5.80. The number of nitrogen functional groups attached to an aromatic ring is 1. The number of nitrogens with zero attached hydrogens (tertiary/aromatic N) is 2. The van der Waals surface area contributed by atoms with Gasteiger partial charge in [-0.05, 0) is 25.0 Å². The molecule has 0 aromatic carbocycles. The molecule has 0 fully saturated rings. The van der Waals surface area contributed by atoms with Gasteiger partial charge in [0.25, 0.3) is 0 Å². The van der Waals surface area contributed by atoms with E-state index < -0.39 is 35.9 Å². The minimum absolute atomic E-state index is 0.0486. The van der Waals surface area contributed by atoms with Gasteiger partial charge in [0.15, 0.2) is 0 Å². The van der Waals surface area contributed by atoms with Gasteiger partial charge in [-0.15, -0.1) is 0 Å². The first-order chi connectivity index (χ1) is 10.9. The van der Waals surface area contributed by atoms with Crippen molar-refractivity contribution in [3.63, 3.8) is 0 Å². The molecule has 132 valence electrons. The molecule has 24 heavy (non-hydrogen) atoms. The minimum atomic E-state index is -4.86. The molecule has 1 aliphatic rings. The van der Waals surface area contributed by atoms with Gasteiger partial charge in [-0.1, -0.05) is 24.6 Å². The molecule has 1 aromatic heterocycles. The second-order valence-corrected chi connectivity index (χ2v) is 5.41. The fraction of sp³-hybridized carbons (Fsp3) is 0.400. The summed E-state index contributed by atoms with van der Waals surface area (Å²) in [6, 6.07) is 0. The first-order valence-corrected chi connectivity index (χ1v) is 7.05. The van der Waals surface area contributed by atoms with Crippen LogP contribution in [0.1, 0.15) is 43.9 Å². The van der Waals surface area contributed by atoms with Crippen LogP contribution in [0.25, 0.3) is 11.6 Å². The van der Waals surface area contributed by atoms with Gasteiger partial charge in [0.2, 0.25) is 5.82 Å². The highest BCUT2D eigenvalue weighted by Crippen LogP contribution is 2.42. The number of imidazole rings is 1. The van der Waals surface area contributed by atoms with Crippen LogP contribution >= 0.6 is 0 Å². The second-order valence-electron chi connectivity index (χ2n) is 5.41. The summed E-state index contributed by atoms with van der Waals surface area (Å²) in [6.07, 6.45) is -5.67. The Morgan fingerprint density at radius 1 is 1.25 bits per heavy atom. The van der Waals surface area contributed by atoms with Crippen LogP contribution < -0.4 is 5.84 Å². The number of fused-ring (bicyclic) bond motifs is 1. The summed E-state index contributed by atoms with van der Waals surface area (Å²) in [6.45, 7) is 3.49. The van der Waals surface area contributed by atoms with Crippen LogP contribution in [0.4, 0.5) is 26.3 Å². The Hall–Kier alpha value is -2.19. The number of aromatic nitrogens is 2. The van der Waals surface area contributed by atoms with Crippen molar-refractivity contribution < 1.29 is 26.3 Å². The zero-order valence-electron chi connectivity index (χ0n) is 12.9. The monoisotopic (exact) mass is 351 g/mol. The van der Waals surface area contributed by atoms with Gasteiger partial charge in [-0.25, -0.2) is 9.66 Å². The van der Waals surface area contributed by atoms with Crippen LogP contribution in [0.2, 0.25) is 0 Å². The summed E-state index contributed by atoms with van der Waals surface area (Å²) in [5, 5.41) is 0. The average molecular weight is 351 g/mol. The normalized spacial score (nSPS) is 17.9. The van der Waals surface area contributed by atoms with E-state index in [1.165, 1.54) is 6.08 Å². The molecule has 0 radical (unpaired) electrons. The molecule has 0 unspecified atom stereocenters. The van der Waals surface area contributed by atoms with Crippen LogP contribution in [0.15, 0.2) is 23.3 Å². The van der Waals surface area contributed by atoms with Crippen molar-refractivity contribution in [3.05, 3.63) is 40.5 Å². The number of hydrogen-bond donors (Lipinski definition) is 1. The fourth-order valence-electron chi connectivity index (χ4n) is 2.53. The number of rotatable bonds is 2. The number of alkyl halides is 6. The quantitative estimate of drug-likeness (QED) is 0.620. The molecular formula is C15H15F6N3. The van der Waals surface area contributed by atoms with Crippen LogP contribution in [-0.4, -0.2) is 15.8 Å². The molecule has 0 atom stereocenters. The number of nitrogens with two attached hydrogens (primary N) is 1. The van der Waals surface area contributed by atoms with Gasteiger partial charge in [0.1, 0.15) is 0 Å². The molecular weight excluding hydrogens is 336 g/mol. The largest absolute Gasteiger partial charge is 0.451 e. The van der Waals surface area contributed by atoms with E-state index in [-0.39, 0.29) is 11.3 Å². The van der Waals surface area contributed by atoms with Crippen molar-refractivity contribution in [2.24, 2.45) is 0 Å². The van der Waals surface area contributed by atoms with Gasteiger partial charge in [0.05, 0.1) is 11.4 Å². The molecule has 0 amide bonds. The van der Waals surface area contributed by atoms with Gasteiger partial charge < -0.3 is 5.84 Å². The SMILES string of the molecule is CCC=C(C)C=C1CC(C(F)(F)F)=Cc2nc(C(F)(F)F)n(N)c21. The van der Waals surface area contributed by atoms with E-state index in [4.69, 9.17) is 5.84 Å². The predicted octanol–water partition coefficient (Wildman–Crippen LogP) is 4.70. The Balaban J connectivity index is 2.69. The number of allylic oxidation sites excluding steroid dienone is 5. The lowest BCUT2D eigenvalue weighted by molar-refractivity contribution is -0.146. The fourth-order valence-corrected chi connectivity index (χ4v) is 2.53. The van der Waals surface area contributed by atoms with E-state index in [0.29, 0.717) is 22.7 Å². The Kier molecular flexibility index (Phi) is 4.56. The molecule has 0 saturated carbocycles. The van der Waals surface area contributed by atoms with Crippen LogP contribution in [0, 0.1) is 0 Å². The molecule has 0 saturated heterocycles. The third kappa shape index (κ3) is 3.49. The van der Waals surface area contributed by atoms with Gasteiger partial charge in [-0.2, -0.15) is 26.3 Å². The average Bonchev–Trinajstić information content (AvgIpc) is 2.75. The lowest BCUT2D eigenvalue weighted by atomic mass is 9.92. The van der Waals surface area contributed by atoms with Crippen LogP contribution in [-0.2, 0) is 6.18 Å². The summed E-state index contributed by atoms with van der Waals surface area (Å²) in [5.74, 6) is 4.03. The third-order valence-electron chi connectivity index (χ3n) is 3.48. The molecule has 1 heterocycles. The van der Waals surface area contributed by atoms with Gasteiger partial charge >= 0.3 is 12.4 Å². The summed E-state index contributed by atoms with van der Waals surface area (Å²) in [4.78, 5) is 3.27. The lowest BCUT2D eigenvalue weighted by Crippen LogP contribution is -2.23. The molecule has 0 spiro atoms. The summed E-state index contributed by atoms with van der Waals surface area (Å²) in [5.41, 5.74) is -0.861. The Labute approximate surface area is 134 Å². The highest BCUT2D eigenvalue weighted by Gasteiger charge is 2.42. The molecule has 2 rings (SSSR count). The van der Waals surface area contributed by atoms with Crippen LogP contribution in [0.5, 0.6) is 0 Å². The molecule has 9 heteroatoms. The van der Waals surface area contributed by atoms with E-state index >= 15 is 0 Å². The number of hydrogen-bond acceptors (Lipinski definition) is 2. The first kappa shape index (κ1) is 18.2. The van der Waals surface area contributed by atoms with Gasteiger partial charge in [0, 0.05) is 12.0 Å². The second kappa shape index (κ2) is 6.03. The van der Waals surface area contributed by atoms with Crippen molar-refractivity contribution in [3.8, 4) is 0 Å². The Morgan fingerprint density at radius 2 is 1.88 bits per heavy atom. The van der Waals surface area contributed by atoms with Crippen molar-refractivity contribution >= 4 is 11.6 Å². The summed E-state index contributed by atoms with van der Waals surface area (Å²) < 4.78 is 78.2. The molecule has 1 aliphatic carbocycles. The Bertz CT molecular complexity index is 732. The third-order valence-corrected chi connectivity index (χ3v) is 3.48. The first-order valence-electron chi connectivity index (χ1n) is 7.05. The van der Waals surface area contributed by atoms with Gasteiger partial charge in [-0.3, -0.25) is 0 Å². The summed E-state index contributed by atoms with van der Waals surface area (Å²) in [7, 11) is 0. The lowest BCUT2D eigenvalue weighted by Gasteiger charge is -2.19. The maximum absolute atomic E-state index is 13.0. The highest BCUT2D eigenvalue weighted by atomic mass is 19.4. The zero-order valence-corrected chi connectivity index (χ0v) is 12.9. The smallest absolute Gasteiger partial charge is 0.337 e. The van der Waals surface area contributed by atoms with E-state index in [1.807, 2.05) is 6.92 Å². The van der Waals surface area contributed by atoms with E-state index in [9.17, 15) is 26.3 Å². The number of halogens is 6. The predicted molar refractivity (Wildman–Crippen MR) is 78.1 cm³/mol. The summed E-state index contributed by atoms with van der Waals surface area (Å²) >= 11 is 0. The van der Waals surface area contributed by atoms with Crippen molar-refractivity contribution in [2.75, 3.05) is 5.84 Å². The van der Waals surface area contributed by atoms with Crippen molar-refractivity contribution in [2.45, 2.75) is 39.0 Å². The standard InChI is InChI=1S/C15H15F6N3/c1-3-4-8(2)5-9-6-10(14(16,17)18)7-11-12(9)24(22)13(23-11)15(19,20)21/h4-5,7H,3,6,22H2,1-2H3. The minimum Gasteiger partial charge on any atom is -0.337 e. The van der Waals surface area contributed by atoms with E-state index in [0.717, 1.165) is 0 Å². The van der Waals surface area contributed by atoms with E-state index in [2.05, 4.69) is 4.98 Å². The molecule has 0 bridgehead atoms. The molecule has 3 nitrogen and oxygen atoms in total. The zero-order chi connectivity index (χ0) is 18.3. The molecule has 0 aliphatic heterocycles. The maximum atomic E-state index is 13.0. The maximum Gasteiger partial charge on any atom is 0.451 e. The molecule has 2 N–H and O–H groups in total. The topological polar surface area (TPSA) is 43.8 Å². The van der Waals surface area contributed by atoms with E-state index in [1.54, 1.807) is 13.0 Å². The van der Waals surface area contributed by atoms with Crippen molar-refractivity contribution in [1.82, 2.24) is 9.66 Å². The van der Waals surface area contributed by atoms with Crippen LogP contribution in [0.3, 0.4) is 0 Å². The molecule has 1 aromatic rings.